The summed E-state index contributed by atoms with van der Waals surface area (Å²) in [5, 5.41) is 4.42. The average molecular weight is 397 g/mol. The van der Waals surface area contributed by atoms with E-state index in [1.807, 2.05) is 36.4 Å². The largest absolute Gasteiger partial charge is 0.393 e. The predicted molar refractivity (Wildman–Crippen MR) is 122 cm³/mol. The highest BCUT2D eigenvalue weighted by molar-refractivity contribution is 5.93. The van der Waals surface area contributed by atoms with E-state index in [1.54, 1.807) is 12.5 Å². The summed E-state index contributed by atoms with van der Waals surface area (Å²) in [6.45, 7) is 3.55. The molecule has 1 saturated heterocycles. The van der Waals surface area contributed by atoms with Crippen molar-refractivity contribution in [3.8, 4) is 0 Å². The van der Waals surface area contributed by atoms with Crippen molar-refractivity contribution < 1.29 is 0 Å². The van der Waals surface area contributed by atoms with E-state index in [9.17, 15) is 0 Å². The minimum atomic E-state index is 0.554. The fourth-order valence-corrected chi connectivity index (χ4v) is 3.89. The highest BCUT2D eigenvalue weighted by Gasteiger charge is 2.21. The van der Waals surface area contributed by atoms with Crippen molar-refractivity contribution in [3.63, 3.8) is 0 Å². The number of hydrogen-bond acceptors (Lipinski definition) is 7. The predicted octanol–water partition coefficient (Wildman–Crippen LogP) is 3.68. The topological polar surface area (TPSA) is 83.2 Å². The maximum absolute atomic E-state index is 6.49. The van der Waals surface area contributed by atoms with Gasteiger partial charge in [-0.2, -0.15) is 0 Å². The number of piperazine rings is 1. The van der Waals surface area contributed by atoms with Gasteiger partial charge in [-0.05, 0) is 24.3 Å². The third-order valence-corrected chi connectivity index (χ3v) is 5.45. The number of nitrogens with zero attached hydrogens (tertiary/aromatic N) is 5. The van der Waals surface area contributed by atoms with Crippen LogP contribution in [0.1, 0.15) is 0 Å². The normalized spacial score (nSPS) is 14.1. The van der Waals surface area contributed by atoms with E-state index >= 15 is 0 Å². The molecule has 1 aliphatic heterocycles. The Balaban J connectivity index is 1.36. The zero-order valence-corrected chi connectivity index (χ0v) is 16.6. The molecule has 4 aromatic rings. The molecule has 0 spiro atoms. The van der Waals surface area contributed by atoms with Crippen LogP contribution in [0.5, 0.6) is 0 Å². The maximum Gasteiger partial charge on any atom is 0.159 e. The number of nitrogens with one attached hydrogen (secondary N) is 1. The Morgan fingerprint density at radius 1 is 0.767 bits per heavy atom. The Morgan fingerprint density at radius 2 is 1.53 bits per heavy atom. The van der Waals surface area contributed by atoms with Crippen LogP contribution in [0.15, 0.2) is 73.2 Å². The smallest absolute Gasteiger partial charge is 0.159 e. The maximum atomic E-state index is 6.49. The summed E-state index contributed by atoms with van der Waals surface area (Å²) in [5.74, 6) is 1.37. The second-order valence-corrected chi connectivity index (χ2v) is 7.27. The van der Waals surface area contributed by atoms with E-state index in [2.05, 4.69) is 54.3 Å². The van der Waals surface area contributed by atoms with Gasteiger partial charge in [0, 0.05) is 43.4 Å². The molecule has 150 valence electrons. The van der Waals surface area contributed by atoms with E-state index < -0.39 is 0 Å². The molecule has 0 bridgehead atoms. The van der Waals surface area contributed by atoms with Crippen LogP contribution in [0.4, 0.5) is 28.7 Å². The monoisotopic (exact) mass is 397 g/mol. The summed E-state index contributed by atoms with van der Waals surface area (Å²) in [5.41, 5.74) is 10.1. The van der Waals surface area contributed by atoms with Gasteiger partial charge in [-0.1, -0.05) is 36.4 Å². The second-order valence-electron chi connectivity index (χ2n) is 7.27. The van der Waals surface area contributed by atoms with Crippen LogP contribution in [0.25, 0.3) is 10.9 Å². The first kappa shape index (κ1) is 18.2. The van der Waals surface area contributed by atoms with Crippen LogP contribution in [0, 0.1) is 0 Å². The fraction of sp³-hybridized carbons (Fsp3) is 0.174. The summed E-state index contributed by atoms with van der Waals surface area (Å²) >= 11 is 0. The molecular formula is C23H23N7. The summed E-state index contributed by atoms with van der Waals surface area (Å²) in [6, 6.07) is 20.5. The molecule has 0 amide bonds. The van der Waals surface area contributed by atoms with Crippen molar-refractivity contribution in [2.45, 2.75) is 0 Å². The lowest BCUT2D eigenvalue weighted by Crippen LogP contribution is -2.47. The Hall–Kier alpha value is -3.87. The number of para-hydroxylation sites is 2. The van der Waals surface area contributed by atoms with E-state index in [-0.39, 0.29) is 0 Å². The zero-order valence-electron chi connectivity index (χ0n) is 16.6. The van der Waals surface area contributed by atoms with E-state index in [0.29, 0.717) is 11.5 Å². The lowest BCUT2D eigenvalue weighted by molar-refractivity contribution is 0.647. The van der Waals surface area contributed by atoms with Gasteiger partial charge in [0.05, 0.1) is 11.2 Å². The van der Waals surface area contributed by atoms with Crippen molar-refractivity contribution in [2.24, 2.45) is 0 Å². The molecular weight excluding hydrogens is 374 g/mol. The summed E-state index contributed by atoms with van der Waals surface area (Å²) in [6.07, 6.45) is 3.35. The highest BCUT2D eigenvalue weighted by Crippen LogP contribution is 2.31. The van der Waals surface area contributed by atoms with Gasteiger partial charge >= 0.3 is 0 Å². The van der Waals surface area contributed by atoms with Gasteiger partial charge < -0.3 is 20.9 Å². The molecule has 0 aliphatic carbocycles. The number of pyridine rings is 1. The molecule has 30 heavy (non-hydrogen) atoms. The van der Waals surface area contributed by atoms with Crippen LogP contribution in [-0.4, -0.2) is 41.1 Å². The van der Waals surface area contributed by atoms with Crippen molar-refractivity contribution >= 4 is 39.6 Å². The number of hydrogen-bond donors (Lipinski definition) is 2. The molecule has 1 aliphatic rings. The fourth-order valence-electron chi connectivity index (χ4n) is 3.89. The number of aromatic nitrogens is 3. The van der Waals surface area contributed by atoms with Crippen LogP contribution >= 0.6 is 0 Å². The Kier molecular flexibility index (Phi) is 4.77. The minimum absolute atomic E-state index is 0.554. The Bertz CT molecular complexity index is 1150. The van der Waals surface area contributed by atoms with Crippen LogP contribution in [0.3, 0.4) is 0 Å². The average Bonchev–Trinajstić information content (AvgIpc) is 2.81. The molecule has 2 aromatic carbocycles. The molecule has 0 atom stereocenters. The molecule has 7 heteroatoms. The quantitative estimate of drug-likeness (QED) is 0.543. The molecule has 1 fully saturated rings. The standard InChI is InChI=1S/C23H23N7/c24-20-22(28-19-10-4-6-17-7-5-11-25-21(17)19)26-16-27-23(20)30-14-12-29(13-15-30)18-8-2-1-3-9-18/h1-11,16H,12-15,24H2,(H,26,27,28). The van der Waals surface area contributed by atoms with E-state index in [0.717, 1.165) is 48.6 Å². The van der Waals surface area contributed by atoms with Gasteiger partial charge in [-0.3, -0.25) is 4.98 Å². The van der Waals surface area contributed by atoms with Crippen molar-refractivity contribution in [3.05, 3.63) is 73.2 Å². The zero-order chi connectivity index (χ0) is 20.3. The molecule has 3 N–H and O–H groups in total. The molecule has 7 nitrogen and oxygen atoms in total. The Labute approximate surface area is 175 Å². The van der Waals surface area contributed by atoms with Crippen LogP contribution in [0.2, 0.25) is 0 Å². The molecule has 5 rings (SSSR count). The highest BCUT2D eigenvalue weighted by atomic mass is 15.3. The summed E-state index contributed by atoms with van der Waals surface area (Å²) in [7, 11) is 0. The van der Waals surface area contributed by atoms with Crippen molar-refractivity contribution in [1.29, 1.82) is 0 Å². The molecule has 2 aromatic heterocycles. The number of nitrogen functional groups attached to an aromatic ring is 1. The summed E-state index contributed by atoms with van der Waals surface area (Å²) in [4.78, 5) is 18.0. The molecule has 3 heterocycles. The number of anilines is 5. The number of fused-ring (bicyclic) bond motifs is 1. The van der Waals surface area contributed by atoms with Gasteiger partial charge in [0.1, 0.15) is 12.0 Å². The van der Waals surface area contributed by atoms with Crippen molar-refractivity contribution in [2.75, 3.05) is 47.0 Å². The number of benzene rings is 2. The summed E-state index contributed by atoms with van der Waals surface area (Å²) < 4.78 is 0. The van der Waals surface area contributed by atoms with E-state index in [4.69, 9.17) is 5.73 Å². The van der Waals surface area contributed by atoms with Gasteiger partial charge in [0.15, 0.2) is 11.6 Å². The van der Waals surface area contributed by atoms with Gasteiger partial charge in [-0.25, -0.2) is 9.97 Å². The van der Waals surface area contributed by atoms with Crippen molar-refractivity contribution in [1.82, 2.24) is 15.0 Å². The lowest BCUT2D eigenvalue weighted by atomic mass is 10.2. The molecule has 0 saturated carbocycles. The first-order valence-electron chi connectivity index (χ1n) is 10.1. The van der Waals surface area contributed by atoms with Gasteiger partial charge in [0.2, 0.25) is 0 Å². The molecule has 0 unspecified atom stereocenters. The lowest BCUT2D eigenvalue weighted by Gasteiger charge is -2.37. The third-order valence-electron chi connectivity index (χ3n) is 5.45. The van der Waals surface area contributed by atoms with E-state index in [1.165, 1.54) is 5.69 Å². The SMILES string of the molecule is Nc1c(Nc2cccc3cccnc23)ncnc1N1CCN(c2ccccc2)CC1. The van der Waals surface area contributed by atoms with Gasteiger partial charge in [0.25, 0.3) is 0 Å². The third kappa shape index (κ3) is 3.45. The minimum Gasteiger partial charge on any atom is -0.393 e. The van der Waals surface area contributed by atoms with Crippen LogP contribution < -0.4 is 20.9 Å². The molecule has 0 radical (unpaired) electrons. The first-order valence-corrected chi connectivity index (χ1v) is 10.1. The van der Waals surface area contributed by atoms with Gasteiger partial charge in [-0.15, -0.1) is 0 Å². The number of nitrogens with two attached hydrogens (primary N) is 1. The Morgan fingerprint density at radius 3 is 2.37 bits per heavy atom. The number of rotatable bonds is 4. The van der Waals surface area contributed by atoms with Crippen LogP contribution in [-0.2, 0) is 0 Å². The first-order chi connectivity index (χ1) is 14.8. The second kappa shape index (κ2) is 7.87.